The van der Waals surface area contributed by atoms with Crippen LogP contribution in [0.3, 0.4) is 0 Å². The van der Waals surface area contributed by atoms with Gasteiger partial charge in [0.2, 0.25) is 11.8 Å². The molecule has 0 spiro atoms. The van der Waals surface area contributed by atoms with Gasteiger partial charge in [0.1, 0.15) is 29.5 Å². The van der Waals surface area contributed by atoms with E-state index in [1.165, 1.54) is 0 Å². The van der Waals surface area contributed by atoms with Crippen LogP contribution >= 0.6 is 0 Å². The van der Waals surface area contributed by atoms with Gasteiger partial charge in [-0.3, -0.25) is 4.79 Å². The van der Waals surface area contributed by atoms with Crippen molar-refractivity contribution in [3.05, 3.63) is 36.7 Å². The Bertz CT molecular complexity index is 1310. The molecule has 0 aliphatic heterocycles. The second-order valence-electron chi connectivity index (χ2n) is 7.96. The number of aromatic nitrogens is 3. The SMILES string of the molecule is CNc1ncc(-c2nc3cc(OC[C@H](C)O)ccc3o2)c2cc(NC(=O)C3CC3)ncc12. The summed E-state index contributed by atoms with van der Waals surface area (Å²) in [5, 5.41) is 17.0. The molecule has 1 aromatic carbocycles. The Labute approximate surface area is 183 Å². The van der Waals surface area contributed by atoms with E-state index < -0.39 is 6.10 Å². The Kier molecular flexibility index (Phi) is 5.10. The van der Waals surface area contributed by atoms with Gasteiger partial charge in [0.15, 0.2) is 5.58 Å². The fourth-order valence-corrected chi connectivity index (χ4v) is 3.48. The number of carbonyl (C=O) groups is 1. The van der Waals surface area contributed by atoms with Crippen LogP contribution in [0.15, 0.2) is 41.1 Å². The summed E-state index contributed by atoms with van der Waals surface area (Å²) in [5.74, 6) is 2.22. The van der Waals surface area contributed by atoms with Crippen LogP contribution in [0, 0.1) is 5.92 Å². The van der Waals surface area contributed by atoms with Crippen molar-refractivity contribution in [1.29, 1.82) is 0 Å². The zero-order valence-corrected chi connectivity index (χ0v) is 17.8. The molecule has 32 heavy (non-hydrogen) atoms. The molecule has 3 heterocycles. The average Bonchev–Trinajstić information content (AvgIpc) is 3.56. The lowest BCUT2D eigenvalue weighted by atomic mass is 10.1. The topological polar surface area (TPSA) is 122 Å². The molecule has 0 saturated heterocycles. The highest BCUT2D eigenvalue weighted by molar-refractivity contribution is 6.03. The molecular weight excluding hydrogens is 410 g/mol. The number of fused-ring (bicyclic) bond motifs is 2. The number of pyridine rings is 2. The molecule has 0 unspecified atom stereocenters. The first-order valence-electron chi connectivity index (χ1n) is 10.5. The monoisotopic (exact) mass is 433 g/mol. The van der Waals surface area contributed by atoms with Crippen LogP contribution in [0.2, 0.25) is 0 Å². The van der Waals surface area contributed by atoms with Gasteiger partial charge in [0.05, 0.1) is 11.7 Å². The largest absolute Gasteiger partial charge is 0.491 e. The summed E-state index contributed by atoms with van der Waals surface area (Å²) in [7, 11) is 1.79. The first kappa shape index (κ1) is 20.2. The maximum atomic E-state index is 12.2. The van der Waals surface area contributed by atoms with E-state index in [1.807, 2.05) is 6.07 Å². The Morgan fingerprint density at radius 1 is 1.25 bits per heavy atom. The molecule has 1 atom stereocenters. The summed E-state index contributed by atoms with van der Waals surface area (Å²) in [4.78, 5) is 25.7. The zero-order chi connectivity index (χ0) is 22.2. The van der Waals surface area contributed by atoms with E-state index in [-0.39, 0.29) is 18.4 Å². The number of carbonyl (C=O) groups excluding carboxylic acids is 1. The number of aliphatic hydroxyl groups is 1. The van der Waals surface area contributed by atoms with Crippen molar-refractivity contribution in [2.24, 2.45) is 5.92 Å². The van der Waals surface area contributed by atoms with Gasteiger partial charge in [-0.15, -0.1) is 0 Å². The third-order valence-corrected chi connectivity index (χ3v) is 5.29. The number of anilines is 2. The van der Waals surface area contributed by atoms with E-state index in [0.717, 1.165) is 23.6 Å². The number of benzene rings is 1. The number of oxazole rings is 1. The number of ether oxygens (including phenoxy) is 1. The van der Waals surface area contributed by atoms with Crippen molar-refractivity contribution in [3.8, 4) is 17.2 Å². The van der Waals surface area contributed by atoms with Gasteiger partial charge in [0.25, 0.3) is 0 Å². The summed E-state index contributed by atoms with van der Waals surface area (Å²) < 4.78 is 11.6. The van der Waals surface area contributed by atoms with Gasteiger partial charge in [-0.1, -0.05) is 0 Å². The maximum absolute atomic E-state index is 12.2. The fraction of sp³-hybridized carbons (Fsp3) is 0.304. The van der Waals surface area contributed by atoms with Gasteiger partial charge in [0, 0.05) is 42.2 Å². The standard InChI is InChI=1S/C23H23N5O4/c1-12(29)11-31-14-5-6-19-18(7-14)27-23(32-19)17-10-26-21(24-2)16-9-25-20(8-15(16)17)28-22(30)13-3-4-13/h5-10,12-13,29H,3-4,11H2,1-2H3,(H,24,26)(H,25,28,30)/t12-/m0/s1. The van der Waals surface area contributed by atoms with Crippen LogP contribution in [-0.4, -0.2) is 45.7 Å². The van der Waals surface area contributed by atoms with Crippen molar-refractivity contribution in [2.75, 3.05) is 24.3 Å². The molecule has 1 amide bonds. The minimum absolute atomic E-state index is 0.00659. The van der Waals surface area contributed by atoms with Crippen LogP contribution in [0.25, 0.3) is 33.3 Å². The van der Waals surface area contributed by atoms with Gasteiger partial charge < -0.3 is 24.9 Å². The molecule has 164 valence electrons. The molecule has 0 bridgehead atoms. The zero-order valence-electron chi connectivity index (χ0n) is 17.8. The quantitative estimate of drug-likeness (QED) is 0.404. The Balaban J connectivity index is 1.55. The highest BCUT2D eigenvalue weighted by atomic mass is 16.5. The number of aliphatic hydroxyl groups excluding tert-OH is 1. The van der Waals surface area contributed by atoms with E-state index in [9.17, 15) is 9.90 Å². The summed E-state index contributed by atoms with van der Waals surface area (Å²) in [5.41, 5.74) is 1.92. The van der Waals surface area contributed by atoms with Crippen molar-refractivity contribution in [2.45, 2.75) is 25.9 Å². The average molecular weight is 433 g/mol. The molecule has 3 N–H and O–H groups in total. The first-order valence-corrected chi connectivity index (χ1v) is 10.5. The van der Waals surface area contributed by atoms with Crippen molar-refractivity contribution >= 4 is 39.4 Å². The molecule has 1 aliphatic carbocycles. The highest BCUT2D eigenvalue weighted by Crippen LogP contribution is 2.35. The molecule has 3 aromatic heterocycles. The summed E-state index contributed by atoms with van der Waals surface area (Å²) in [6.45, 7) is 1.86. The molecule has 1 aliphatic rings. The lowest BCUT2D eigenvalue weighted by Crippen LogP contribution is -2.14. The summed E-state index contributed by atoms with van der Waals surface area (Å²) in [6.07, 6.45) is 4.65. The van der Waals surface area contributed by atoms with Crippen molar-refractivity contribution in [1.82, 2.24) is 15.0 Å². The molecule has 1 fully saturated rings. The molecule has 4 aromatic rings. The van der Waals surface area contributed by atoms with Gasteiger partial charge in [-0.25, -0.2) is 15.0 Å². The lowest BCUT2D eigenvalue weighted by molar-refractivity contribution is -0.117. The second kappa shape index (κ2) is 8.08. The van der Waals surface area contributed by atoms with Gasteiger partial charge in [-0.2, -0.15) is 0 Å². The molecule has 9 nitrogen and oxygen atoms in total. The van der Waals surface area contributed by atoms with Gasteiger partial charge in [-0.05, 0) is 38.0 Å². The van der Waals surface area contributed by atoms with E-state index in [2.05, 4.69) is 25.6 Å². The Morgan fingerprint density at radius 3 is 2.84 bits per heavy atom. The Morgan fingerprint density at radius 2 is 2.09 bits per heavy atom. The Hall–Kier alpha value is -3.72. The smallest absolute Gasteiger partial charge is 0.229 e. The van der Waals surface area contributed by atoms with Crippen LogP contribution in [0.1, 0.15) is 19.8 Å². The summed E-state index contributed by atoms with van der Waals surface area (Å²) in [6, 6.07) is 7.14. The van der Waals surface area contributed by atoms with E-state index >= 15 is 0 Å². The fourth-order valence-electron chi connectivity index (χ4n) is 3.48. The van der Waals surface area contributed by atoms with Crippen LogP contribution < -0.4 is 15.4 Å². The van der Waals surface area contributed by atoms with E-state index in [0.29, 0.717) is 39.9 Å². The first-order chi connectivity index (χ1) is 15.5. The number of hydrogen-bond acceptors (Lipinski definition) is 8. The summed E-state index contributed by atoms with van der Waals surface area (Å²) >= 11 is 0. The third kappa shape index (κ3) is 3.94. The number of amides is 1. The molecular formula is C23H23N5O4. The predicted molar refractivity (Wildman–Crippen MR) is 121 cm³/mol. The van der Waals surface area contributed by atoms with Crippen LogP contribution in [0.5, 0.6) is 5.75 Å². The third-order valence-electron chi connectivity index (χ3n) is 5.29. The second-order valence-corrected chi connectivity index (χ2v) is 7.96. The minimum atomic E-state index is -0.565. The number of nitrogens with one attached hydrogen (secondary N) is 2. The number of hydrogen-bond donors (Lipinski definition) is 3. The highest BCUT2D eigenvalue weighted by Gasteiger charge is 2.30. The van der Waals surface area contributed by atoms with Crippen molar-refractivity contribution < 1.29 is 19.1 Å². The molecule has 1 saturated carbocycles. The van der Waals surface area contributed by atoms with Crippen LogP contribution in [0.4, 0.5) is 11.6 Å². The minimum Gasteiger partial charge on any atom is -0.491 e. The molecule has 0 radical (unpaired) electrons. The van der Waals surface area contributed by atoms with E-state index in [4.69, 9.17) is 9.15 Å². The number of nitrogens with zero attached hydrogens (tertiary/aromatic N) is 3. The lowest BCUT2D eigenvalue weighted by Gasteiger charge is -2.10. The van der Waals surface area contributed by atoms with Crippen molar-refractivity contribution in [3.63, 3.8) is 0 Å². The predicted octanol–water partition coefficient (Wildman–Crippen LogP) is 3.59. The van der Waals surface area contributed by atoms with E-state index in [1.54, 1.807) is 44.6 Å². The normalized spacial score (nSPS) is 14.5. The molecule has 5 rings (SSSR count). The molecule has 9 heteroatoms. The van der Waals surface area contributed by atoms with Crippen LogP contribution in [-0.2, 0) is 4.79 Å². The van der Waals surface area contributed by atoms with Gasteiger partial charge >= 0.3 is 0 Å². The maximum Gasteiger partial charge on any atom is 0.229 e. The number of rotatable bonds is 7.